The average Bonchev–Trinajstić information content (AvgIpc) is 2.92. The summed E-state index contributed by atoms with van der Waals surface area (Å²) in [4.78, 5) is 37.9. The summed E-state index contributed by atoms with van der Waals surface area (Å²) in [5.41, 5.74) is 2.05. The highest BCUT2D eigenvalue weighted by molar-refractivity contribution is 5.65. The van der Waals surface area contributed by atoms with Gasteiger partial charge in [0.1, 0.15) is 30.6 Å². The number of nitro groups is 1. The van der Waals surface area contributed by atoms with Crippen LogP contribution < -0.4 is 5.32 Å². The number of nitrogens with zero attached hydrogens (tertiary/aromatic N) is 3. The van der Waals surface area contributed by atoms with Crippen molar-refractivity contribution < 1.29 is 33.5 Å². The topological polar surface area (TPSA) is 153 Å². The molecule has 2 aromatic rings. The number of ether oxygens (including phenoxy) is 4. The number of non-ortho nitro benzene ring substituents is 1. The van der Waals surface area contributed by atoms with Crippen LogP contribution in [-0.4, -0.2) is 48.9 Å². The molecule has 1 aliphatic heterocycles. The van der Waals surface area contributed by atoms with Gasteiger partial charge in [-0.1, -0.05) is 42.5 Å². The Kier molecular flexibility index (Phi) is 10.6. The predicted molar refractivity (Wildman–Crippen MR) is 142 cm³/mol. The maximum Gasteiger partial charge on any atom is 0.513 e. The van der Waals surface area contributed by atoms with Gasteiger partial charge in [-0.25, -0.2) is 9.59 Å². The first-order valence-corrected chi connectivity index (χ1v) is 12.4. The van der Waals surface area contributed by atoms with Crippen LogP contribution in [0.15, 0.2) is 77.5 Å². The summed E-state index contributed by atoms with van der Waals surface area (Å²) in [6.07, 6.45) is -2.10. The standard InChI is InChI=1S/C28H30N4O8/c1-19-25(39-27(33)37-15-8-13-29)24(22-11-7-12-23(17-22)32(35)36)26(20(2)30-19)40-28(34)38-16-14-31(3)18-21-9-5-4-6-10-21/h4-7,9-12,17,24,30H,8,14-16,18H2,1-3H3. The zero-order valence-electron chi connectivity index (χ0n) is 22.4. The van der Waals surface area contributed by atoms with E-state index in [1.165, 1.54) is 18.2 Å². The molecule has 1 heterocycles. The fraction of sp³-hybridized carbons (Fsp3) is 0.321. The molecule has 1 atom stereocenters. The van der Waals surface area contributed by atoms with Gasteiger partial charge < -0.3 is 24.3 Å². The second-order valence-corrected chi connectivity index (χ2v) is 8.92. The van der Waals surface area contributed by atoms with E-state index >= 15 is 0 Å². The number of benzene rings is 2. The summed E-state index contributed by atoms with van der Waals surface area (Å²) in [5.74, 6) is -0.968. The third-order valence-corrected chi connectivity index (χ3v) is 5.86. The van der Waals surface area contributed by atoms with Crippen molar-refractivity contribution in [3.8, 4) is 6.07 Å². The zero-order chi connectivity index (χ0) is 29.1. The molecule has 0 fully saturated rings. The molecule has 0 aliphatic carbocycles. The highest BCUT2D eigenvalue weighted by Crippen LogP contribution is 2.40. The molecule has 0 saturated heterocycles. The van der Waals surface area contributed by atoms with Gasteiger partial charge in [-0.2, -0.15) is 5.26 Å². The van der Waals surface area contributed by atoms with E-state index in [-0.39, 0.29) is 36.8 Å². The highest BCUT2D eigenvalue weighted by atomic mass is 16.7. The molecule has 1 aliphatic rings. The molecule has 3 rings (SSSR count). The minimum atomic E-state index is -1.08. The SMILES string of the molecule is CC1=C(OC(=O)OCCC#N)C(c2cccc([N+](=O)[O-])c2)C(OC(=O)OCCN(C)Cc2ccccc2)=C(C)N1. The average molecular weight is 551 g/mol. The van der Waals surface area contributed by atoms with Crippen LogP contribution in [0.3, 0.4) is 0 Å². The van der Waals surface area contributed by atoms with Gasteiger partial charge in [-0.05, 0) is 32.0 Å². The number of likely N-dealkylation sites (N-methyl/N-ethyl adjacent to an activating group) is 1. The van der Waals surface area contributed by atoms with Gasteiger partial charge in [-0.15, -0.1) is 0 Å². The van der Waals surface area contributed by atoms with Gasteiger partial charge in [0.2, 0.25) is 0 Å². The second-order valence-electron chi connectivity index (χ2n) is 8.92. The molecule has 0 saturated carbocycles. The number of nitriles is 1. The Balaban J connectivity index is 1.77. The van der Waals surface area contributed by atoms with Gasteiger partial charge in [0.25, 0.3) is 5.69 Å². The molecule has 1 unspecified atom stereocenters. The van der Waals surface area contributed by atoms with Gasteiger partial charge in [0, 0.05) is 25.2 Å². The number of rotatable bonds is 11. The summed E-state index contributed by atoms with van der Waals surface area (Å²) >= 11 is 0. The smallest absolute Gasteiger partial charge is 0.433 e. The van der Waals surface area contributed by atoms with Crippen LogP contribution in [0.4, 0.5) is 15.3 Å². The molecule has 0 aromatic heterocycles. The van der Waals surface area contributed by atoms with E-state index in [4.69, 9.17) is 24.2 Å². The molecule has 2 aromatic carbocycles. The van der Waals surface area contributed by atoms with Gasteiger partial charge >= 0.3 is 12.3 Å². The Morgan fingerprint density at radius 2 is 1.62 bits per heavy atom. The Bertz CT molecular complexity index is 1330. The van der Waals surface area contributed by atoms with Crippen LogP contribution in [0.25, 0.3) is 0 Å². The fourth-order valence-corrected chi connectivity index (χ4v) is 4.03. The molecular formula is C28H30N4O8. The normalized spacial score (nSPS) is 14.7. The first-order valence-electron chi connectivity index (χ1n) is 12.4. The lowest BCUT2D eigenvalue weighted by molar-refractivity contribution is -0.384. The minimum Gasteiger partial charge on any atom is -0.433 e. The van der Waals surface area contributed by atoms with Crippen molar-refractivity contribution in [1.29, 1.82) is 5.26 Å². The first kappa shape index (κ1) is 29.7. The molecule has 12 nitrogen and oxygen atoms in total. The first-order chi connectivity index (χ1) is 19.2. The number of allylic oxidation sites excluding steroid dienone is 2. The van der Waals surface area contributed by atoms with Gasteiger partial charge in [0.05, 0.1) is 28.8 Å². The van der Waals surface area contributed by atoms with Crippen molar-refractivity contribution in [2.75, 3.05) is 26.8 Å². The molecule has 210 valence electrons. The maximum absolute atomic E-state index is 12.7. The Morgan fingerprint density at radius 3 is 2.23 bits per heavy atom. The van der Waals surface area contributed by atoms with E-state index in [1.54, 1.807) is 19.9 Å². The molecule has 12 heteroatoms. The molecule has 40 heavy (non-hydrogen) atoms. The maximum atomic E-state index is 12.7. The van der Waals surface area contributed by atoms with Crippen molar-refractivity contribution in [2.45, 2.75) is 32.7 Å². The summed E-state index contributed by atoms with van der Waals surface area (Å²) < 4.78 is 21.3. The molecule has 0 spiro atoms. The lowest BCUT2D eigenvalue weighted by Crippen LogP contribution is -2.30. The molecule has 0 amide bonds. The monoisotopic (exact) mass is 550 g/mol. The van der Waals surface area contributed by atoms with E-state index in [9.17, 15) is 19.7 Å². The number of carbonyl (C=O) groups is 2. The predicted octanol–water partition coefficient (Wildman–Crippen LogP) is 5.10. The minimum absolute atomic E-state index is 0.0125. The lowest BCUT2D eigenvalue weighted by Gasteiger charge is -2.30. The van der Waals surface area contributed by atoms with Gasteiger partial charge in [-0.3, -0.25) is 15.0 Å². The van der Waals surface area contributed by atoms with E-state index in [2.05, 4.69) is 5.32 Å². The number of nitro benzene ring substituents is 1. The van der Waals surface area contributed by atoms with Crippen molar-refractivity contribution in [1.82, 2.24) is 10.2 Å². The third kappa shape index (κ3) is 8.31. The number of hydrogen-bond donors (Lipinski definition) is 1. The molecule has 0 radical (unpaired) electrons. The van der Waals surface area contributed by atoms with Crippen LogP contribution in [-0.2, 0) is 25.5 Å². The van der Waals surface area contributed by atoms with E-state index < -0.39 is 23.2 Å². The molecular weight excluding hydrogens is 520 g/mol. The zero-order valence-corrected chi connectivity index (χ0v) is 22.4. The highest BCUT2D eigenvalue weighted by Gasteiger charge is 2.36. The molecule has 0 bridgehead atoms. The summed E-state index contributed by atoms with van der Waals surface area (Å²) in [6.45, 7) is 4.25. The number of nitrogens with one attached hydrogen (secondary N) is 1. The Morgan fingerprint density at radius 1 is 1.00 bits per heavy atom. The largest absolute Gasteiger partial charge is 0.513 e. The lowest BCUT2D eigenvalue weighted by atomic mass is 9.90. The van der Waals surface area contributed by atoms with Crippen LogP contribution in [0, 0.1) is 21.4 Å². The van der Waals surface area contributed by atoms with E-state index in [0.29, 0.717) is 30.0 Å². The Hall–Kier alpha value is -4.89. The van der Waals surface area contributed by atoms with Crippen molar-refractivity contribution in [3.63, 3.8) is 0 Å². The van der Waals surface area contributed by atoms with Crippen LogP contribution >= 0.6 is 0 Å². The summed E-state index contributed by atoms with van der Waals surface area (Å²) in [5, 5.41) is 23.1. The van der Waals surface area contributed by atoms with Crippen molar-refractivity contribution in [3.05, 3.63) is 98.8 Å². The van der Waals surface area contributed by atoms with Crippen molar-refractivity contribution >= 4 is 18.0 Å². The van der Waals surface area contributed by atoms with Crippen LogP contribution in [0.2, 0.25) is 0 Å². The van der Waals surface area contributed by atoms with Crippen molar-refractivity contribution in [2.24, 2.45) is 0 Å². The van der Waals surface area contributed by atoms with Crippen LogP contribution in [0.5, 0.6) is 0 Å². The Labute approximate surface area is 231 Å². The third-order valence-electron chi connectivity index (χ3n) is 5.86. The van der Waals surface area contributed by atoms with Gasteiger partial charge in [0.15, 0.2) is 0 Å². The van der Waals surface area contributed by atoms with E-state index in [0.717, 1.165) is 5.56 Å². The fourth-order valence-electron chi connectivity index (χ4n) is 4.03. The van der Waals surface area contributed by atoms with E-state index in [1.807, 2.05) is 48.3 Å². The number of carbonyl (C=O) groups excluding carboxylic acids is 2. The quantitative estimate of drug-likeness (QED) is 0.172. The van der Waals surface area contributed by atoms with Crippen LogP contribution in [0.1, 0.15) is 37.3 Å². The molecule has 1 N–H and O–H groups in total. The summed E-state index contributed by atoms with van der Waals surface area (Å²) in [7, 11) is 1.89. The number of dihydropyridines is 1. The second kappa shape index (κ2) is 14.3. The summed E-state index contributed by atoms with van der Waals surface area (Å²) in [6, 6.07) is 17.4. The number of hydrogen-bond acceptors (Lipinski definition) is 11.